The van der Waals surface area contributed by atoms with Gasteiger partial charge in [0, 0.05) is 32.2 Å². The standard InChI is InChI=1S/C18H21ClN4O3S/c19-17-16(12-20-23(18(17)24)14-4-2-1-3-5-14)22-9-7-21(8-10-22)15-6-11-27(25,26)13-15/h1-5,12,15H,6-11,13H2. The first-order chi connectivity index (χ1) is 12.9. The van der Waals surface area contributed by atoms with Crippen molar-refractivity contribution in [3.05, 3.63) is 51.9 Å². The molecule has 3 heterocycles. The molecule has 1 aromatic heterocycles. The first-order valence-corrected chi connectivity index (χ1v) is 11.2. The third-order valence-corrected chi connectivity index (χ3v) is 7.39. The molecule has 27 heavy (non-hydrogen) atoms. The fourth-order valence-corrected chi connectivity index (χ4v) is 5.80. The molecule has 2 aliphatic heterocycles. The van der Waals surface area contributed by atoms with Gasteiger partial charge < -0.3 is 4.90 Å². The third-order valence-electron chi connectivity index (χ3n) is 5.28. The number of para-hydroxylation sites is 1. The monoisotopic (exact) mass is 408 g/mol. The maximum atomic E-state index is 12.6. The Bertz CT molecular complexity index is 985. The number of sulfone groups is 1. The minimum absolute atomic E-state index is 0.108. The Morgan fingerprint density at radius 2 is 1.78 bits per heavy atom. The van der Waals surface area contributed by atoms with Crippen molar-refractivity contribution in [2.75, 3.05) is 42.6 Å². The van der Waals surface area contributed by atoms with Crippen molar-refractivity contribution >= 4 is 27.1 Å². The molecule has 1 atom stereocenters. The molecule has 0 radical (unpaired) electrons. The van der Waals surface area contributed by atoms with Crippen LogP contribution in [0.5, 0.6) is 0 Å². The van der Waals surface area contributed by atoms with Crippen LogP contribution < -0.4 is 10.5 Å². The molecular weight excluding hydrogens is 388 g/mol. The Hall–Kier alpha value is -1.90. The number of anilines is 1. The molecule has 0 spiro atoms. The van der Waals surface area contributed by atoms with Gasteiger partial charge in [-0.15, -0.1) is 0 Å². The van der Waals surface area contributed by atoms with Crippen molar-refractivity contribution in [3.63, 3.8) is 0 Å². The second kappa shape index (κ2) is 7.26. The minimum Gasteiger partial charge on any atom is -0.366 e. The molecule has 144 valence electrons. The van der Waals surface area contributed by atoms with Gasteiger partial charge in [0.2, 0.25) is 0 Å². The summed E-state index contributed by atoms with van der Waals surface area (Å²) in [6, 6.07) is 9.27. The first kappa shape index (κ1) is 18.5. The quantitative estimate of drug-likeness (QED) is 0.759. The van der Waals surface area contributed by atoms with Crippen molar-refractivity contribution in [3.8, 4) is 5.69 Å². The smallest absolute Gasteiger partial charge is 0.292 e. The van der Waals surface area contributed by atoms with Gasteiger partial charge in [-0.05, 0) is 18.6 Å². The topological polar surface area (TPSA) is 75.5 Å². The Balaban J connectivity index is 1.49. The maximum absolute atomic E-state index is 12.6. The highest BCUT2D eigenvalue weighted by molar-refractivity contribution is 7.91. The van der Waals surface area contributed by atoms with Crippen LogP contribution in [0.3, 0.4) is 0 Å². The van der Waals surface area contributed by atoms with E-state index >= 15 is 0 Å². The lowest BCUT2D eigenvalue weighted by Gasteiger charge is -2.38. The summed E-state index contributed by atoms with van der Waals surface area (Å²) in [5.41, 5.74) is 0.959. The average molecular weight is 409 g/mol. The van der Waals surface area contributed by atoms with E-state index in [0.29, 0.717) is 30.9 Å². The molecule has 0 bridgehead atoms. The fraction of sp³-hybridized carbons (Fsp3) is 0.444. The molecule has 0 saturated carbocycles. The zero-order valence-corrected chi connectivity index (χ0v) is 16.4. The van der Waals surface area contributed by atoms with E-state index in [4.69, 9.17) is 11.6 Å². The molecular formula is C18H21ClN4O3S. The molecule has 4 rings (SSSR count). The largest absolute Gasteiger partial charge is 0.366 e. The second-order valence-electron chi connectivity index (χ2n) is 6.98. The van der Waals surface area contributed by atoms with Gasteiger partial charge in [-0.1, -0.05) is 29.8 Å². The van der Waals surface area contributed by atoms with Gasteiger partial charge >= 0.3 is 0 Å². The molecule has 1 aromatic carbocycles. The van der Waals surface area contributed by atoms with Crippen LogP contribution in [0.4, 0.5) is 5.69 Å². The minimum atomic E-state index is -2.88. The van der Waals surface area contributed by atoms with Crippen LogP contribution in [0, 0.1) is 0 Å². The van der Waals surface area contributed by atoms with E-state index in [2.05, 4.69) is 10.00 Å². The van der Waals surface area contributed by atoms with Crippen molar-refractivity contribution in [1.29, 1.82) is 0 Å². The lowest BCUT2D eigenvalue weighted by Crippen LogP contribution is -2.51. The summed E-state index contributed by atoms with van der Waals surface area (Å²) >= 11 is 6.37. The molecule has 1 unspecified atom stereocenters. The summed E-state index contributed by atoms with van der Waals surface area (Å²) in [6.45, 7) is 2.87. The summed E-state index contributed by atoms with van der Waals surface area (Å²) < 4.78 is 24.7. The highest BCUT2D eigenvalue weighted by Crippen LogP contribution is 2.25. The summed E-state index contributed by atoms with van der Waals surface area (Å²) in [6.07, 6.45) is 2.34. The summed E-state index contributed by atoms with van der Waals surface area (Å²) in [7, 11) is -2.88. The first-order valence-electron chi connectivity index (χ1n) is 8.97. The molecule has 2 aliphatic rings. The zero-order chi connectivity index (χ0) is 19.0. The van der Waals surface area contributed by atoms with E-state index in [9.17, 15) is 13.2 Å². The maximum Gasteiger partial charge on any atom is 0.292 e. The number of hydrogen-bond donors (Lipinski definition) is 0. The molecule has 7 nitrogen and oxygen atoms in total. The Morgan fingerprint density at radius 3 is 2.41 bits per heavy atom. The van der Waals surface area contributed by atoms with E-state index in [-0.39, 0.29) is 28.1 Å². The Labute approximate surface area is 163 Å². The van der Waals surface area contributed by atoms with Gasteiger partial charge in [0.15, 0.2) is 9.84 Å². The van der Waals surface area contributed by atoms with Gasteiger partial charge in [-0.25, -0.2) is 8.42 Å². The molecule has 0 amide bonds. The molecule has 2 saturated heterocycles. The van der Waals surface area contributed by atoms with Gasteiger partial charge in [0.1, 0.15) is 5.02 Å². The van der Waals surface area contributed by atoms with E-state index in [1.54, 1.807) is 18.3 Å². The summed E-state index contributed by atoms with van der Waals surface area (Å²) in [5.74, 6) is 0.535. The zero-order valence-electron chi connectivity index (χ0n) is 14.8. The van der Waals surface area contributed by atoms with Crippen LogP contribution in [0.25, 0.3) is 5.69 Å². The highest BCUT2D eigenvalue weighted by Gasteiger charge is 2.34. The molecule has 2 fully saturated rings. The number of halogens is 1. The van der Waals surface area contributed by atoms with Crippen LogP contribution in [0.15, 0.2) is 41.3 Å². The number of benzene rings is 1. The predicted octanol–water partition coefficient (Wildman–Crippen LogP) is 1.20. The fourth-order valence-electron chi connectivity index (χ4n) is 3.79. The number of rotatable bonds is 3. The van der Waals surface area contributed by atoms with Gasteiger partial charge in [0.25, 0.3) is 5.56 Å². The normalized spacial score (nSPS) is 22.9. The van der Waals surface area contributed by atoms with Crippen LogP contribution >= 0.6 is 11.6 Å². The SMILES string of the molecule is O=c1c(Cl)c(N2CCN(C3CCS(=O)(=O)C3)CC2)cnn1-c1ccccc1. The number of hydrogen-bond acceptors (Lipinski definition) is 6. The predicted molar refractivity (Wildman–Crippen MR) is 106 cm³/mol. The van der Waals surface area contributed by atoms with Crippen molar-refractivity contribution < 1.29 is 8.42 Å². The number of piperazine rings is 1. The summed E-state index contributed by atoms with van der Waals surface area (Å²) in [4.78, 5) is 16.9. The lowest BCUT2D eigenvalue weighted by molar-refractivity contribution is 0.200. The van der Waals surface area contributed by atoms with Crippen molar-refractivity contribution in [2.24, 2.45) is 0 Å². The van der Waals surface area contributed by atoms with Gasteiger partial charge in [-0.3, -0.25) is 9.69 Å². The molecule has 9 heteroatoms. The van der Waals surface area contributed by atoms with E-state index in [1.165, 1.54) is 4.68 Å². The summed E-state index contributed by atoms with van der Waals surface area (Å²) in [5, 5.41) is 4.44. The van der Waals surface area contributed by atoms with Crippen molar-refractivity contribution in [1.82, 2.24) is 14.7 Å². The van der Waals surface area contributed by atoms with E-state index in [0.717, 1.165) is 13.1 Å². The molecule has 2 aromatic rings. The van der Waals surface area contributed by atoms with Gasteiger partial charge in [-0.2, -0.15) is 9.78 Å². The number of nitrogens with zero attached hydrogens (tertiary/aromatic N) is 4. The van der Waals surface area contributed by atoms with E-state index in [1.807, 2.05) is 23.1 Å². The molecule has 0 aliphatic carbocycles. The lowest BCUT2D eigenvalue weighted by atomic mass is 10.2. The Kier molecular flexibility index (Phi) is 4.96. The third kappa shape index (κ3) is 3.74. The second-order valence-corrected chi connectivity index (χ2v) is 9.58. The average Bonchev–Trinajstić information content (AvgIpc) is 3.05. The highest BCUT2D eigenvalue weighted by atomic mass is 35.5. The number of aromatic nitrogens is 2. The van der Waals surface area contributed by atoms with Crippen LogP contribution in [0.2, 0.25) is 5.02 Å². The van der Waals surface area contributed by atoms with E-state index < -0.39 is 9.84 Å². The van der Waals surface area contributed by atoms with Crippen LogP contribution in [0.1, 0.15) is 6.42 Å². The van der Waals surface area contributed by atoms with Crippen LogP contribution in [-0.2, 0) is 9.84 Å². The van der Waals surface area contributed by atoms with Crippen molar-refractivity contribution in [2.45, 2.75) is 12.5 Å². The molecule has 0 N–H and O–H groups in total. The Morgan fingerprint density at radius 1 is 1.07 bits per heavy atom. The van der Waals surface area contributed by atoms with Crippen LogP contribution in [-0.4, -0.2) is 66.8 Å². The van der Waals surface area contributed by atoms with Gasteiger partial charge in [0.05, 0.1) is 29.1 Å².